The average Bonchev–Trinajstić information content (AvgIpc) is 2.64. The molecule has 0 spiro atoms. The normalized spacial score (nSPS) is 12.5. The zero-order chi connectivity index (χ0) is 17.2. The SMILES string of the molecule is CCC(C)CCN(CCO)c1ccc(/C=C/c2ccncn2)cc1. The highest BCUT2D eigenvalue weighted by Gasteiger charge is 2.08. The van der Waals surface area contributed by atoms with Crippen LogP contribution in [0.2, 0.25) is 0 Å². The molecule has 0 bridgehead atoms. The topological polar surface area (TPSA) is 49.2 Å². The van der Waals surface area contributed by atoms with Crippen LogP contribution < -0.4 is 4.90 Å². The van der Waals surface area contributed by atoms with Crippen molar-refractivity contribution in [3.05, 3.63) is 54.1 Å². The van der Waals surface area contributed by atoms with Gasteiger partial charge in [-0.2, -0.15) is 0 Å². The van der Waals surface area contributed by atoms with Gasteiger partial charge in [0.2, 0.25) is 0 Å². The zero-order valence-electron chi connectivity index (χ0n) is 14.6. The molecule has 1 aromatic carbocycles. The van der Waals surface area contributed by atoms with Crippen molar-refractivity contribution in [1.82, 2.24) is 9.97 Å². The van der Waals surface area contributed by atoms with Crippen LogP contribution in [0.3, 0.4) is 0 Å². The maximum atomic E-state index is 9.32. The Kier molecular flexibility index (Phi) is 7.43. The lowest BCUT2D eigenvalue weighted by molar-refractivity contribution is 0.300. The summed E-state index contributed by atoms with van der Waals surface area (Å²) in [5.41, 5.74) is 3.18. The van der Waals surface area contributed by atoms with Crippen LogP contribution in [0.25, 0.3) is 12.2 Å². The molecule has 1 N–H and O–H groups in total. The molecule has 1 heterocycles. The first-order chi connectivity index (χ1) is 11.7. The van der Waals surface area contributed by atoms with Crippen LogP contribution in [0.4, 0.5) is 5.69 Å². The highest BCUT2D eigenvalue weighted by Crippen LogP contribution is 2.18. The van der Waals surface area contributed by atoms with E-state index in [1.165, 1.54) is 6.42 Å². The molecule has 24 heavy (non-hydrogen) atoms. The molecule has 1 atom stereocenters. The van der Waals surface area contributed by atoms with Crippen molar-refractivity contribution >= 4 is 17.8 Å². The fourth-order valence-corrected chi connectivity index (χ4v) is 2.45. The third kappa shape index (κ3) is 5.78. The van der Waals surface area contributed by atoms with Crippen molar-refractivity contribution in [3.8, 4) is 0 Å². The Hall–Kier alpha value is -2.20. The Morgan fingerprint density at radius 3 is 2.54 bits per heavy atom. The number of aliphatic hydroxyl groups is 1. The van der Waals surface area contributed by atoms with Crippen LogP contribution >= 0.6 is 0 Å². The van der Waals surface area contributed by atoms with Gasteiger partial charge < -0.3 is 10.0 Å². The minimum absolute atomic E-state index is 0.176. The summed E-state index contributed by atoms with van der Waals surface area (Å²) in [7, 11) is 0. The second-order valence-corrected chi connectivity index (χ2v) is 6.07. The van der Waals surface area contributed by atoms with Crippen molar-refractivity contribution in [2.75, 3.05) is 24.6 Å². The van der Waals surface area contributed by atoms with Gasteiger partial charge in [-0.25, -0.2) is 9.97 Å². The number of aliphatic hydroxyl groups excluding tert-OH is 1. The minimum Gasteiger partial charge on any atom is -0.395 e. The molecular formula is C20H27N3O. The molecule has 128 valence electrons. The summed E-state index contributed by atoms with van der Waals surface area (Å²) in [4.78, 5) is 10.3. The van der Waals surface area contributed by atoms with Crippen molar-refractivity contribution in [2.45, 2.75) is 26.7 Å². The molecule has 0 radical (unpaired) electrons. The number of benzene rings is 1. The van der Waals surface area contributed by atoms with E-state index in [0.717, 1.165) is 29.9 Å². The molecule has 0 saturated heterocycles. The highest BCUT2D eigenvalue weighted by molar-refractivity contribution is 5.68. The lowest BCUT2D eigenvalue weighted by Gasteiger charge is -2.25. The number of anilines is 1. The van der Waals surface area contributed by atoms with E-state index in [9.17, 15) is 5.11 Å². The van der Waals surface area contributed by atoms with Crippen LogP contribution in [0.15, 0.2) is 42.9 Å². The van der Waals surface area contributed by atoms with E-state index in [2.05, 4.69) is 53.0 Å². The summed E-state index contributed by atoms with van der Waals surface area (Å²) in [6.45, 7) is 6.33. The van der Waals surface area contributed by atoms with Crippen LogP contribution in [0.1, 0.15) is 37.9 Å². The molecule has 0 fully saturated rings. The highest BCUT2D eigenvalue weighted by atomic mass is 16.3. The van der Waals surface area contributed by atoms with Crippen LogP contribution in [0.5, 0.6) is 0 Å². The van der Waals surface area contributed by atoms with Gasteiger partial charge >= 0.3 is 0 Å². The fourth-order valence-electron chi connectivity index (χ4n) is 2.45. The Morgan fingerprint density at radius 2 is 1.92 bits per heavy atom. The standard InChI is InChI=1S/C20H27N3O/c1-3-17(2)11-13-23(14-15-24)20-8-5-18(6-9-20)4-7-19-10-12-21-16-22-19/h4-10,12,16-17,24H,3,11,13-15H2,1-2H3/b7-4+. The van der Waals surface area contributed by atoms with Gasteiger partial charge in [-0.15, -0.1) is 0 Å². The second-order valence-electron chi connectivity index (χ2n) is 6.07. The summed E-state index contributed by atoms with van der Waals surface area (Å²) in [6, 6.07) is 10.3. The molecule has 4 heteroatoms. The number of aromatic nitrogens is 2. The molecule has 0 aliphatic carbocycles. The van der Waals surface area contributed by atoms with E-state index in [1.807, 2.05) is 18.2 Å². The van der Waals surface area contributed by atoms with E-state index >= 15 is 0 Å². The van der Waals surface area contributed by atoms with E-state index < -0.39 is 0 Å². The van der Waals surface area contributed by atoms with Gasteiger partial charge in [0, 0.05) is 25.0 Å². The van der Waals surface area contributed by atoms with Gasteiger partial charge in [0.1, 0.15) is 6.33 Å². The van der Waals surface area contributed by atoms with Crippen LogP contribution in [0, 0.1) is 5.92 Å². The maximum Gasteiger partial charge on any atom is 0.115 e. The Labute approximate surface area is 144 Å². The fraction of sp³-hybridized carbons (Fsp3) is 0.400. The third-order valence-corrected chi connectivity index (χ3v) is 4.27. The molecule has 0 aliphatic heterocycles. The first kappa shape index (κ1) is 18.1. The predicted octanol–water partition coefficient (Wildman–Crippen LogP) is 3.88. The van der Waals surface area contributed by atoms with Crippen molar-refractivity contribution in [2.24, 2.45) is 5.92 Å². The van der Waals surface area contributed by atoms with Crippen LogP contribution in [-0.4, -0.2) is 34.8 Å². The molecule has 0 aliphatic rings. The van der Waals surface area contributed by atoms with E-state index in [-0.39, 0.29) is 6.61 Å². The lowest BCUT2D eigenvalue weighted by atomic mass is 10.0. The monoisotopic (exact) mass is 325 g/mol. The zero-order valence-corrected chi connectivity index (χ0v) is 14.6. The van der Waals surface area contributed by atoms with Crippen LogP contribution in [-0.2, 0) is 0 Å². The molecule has 0 amide bonds. The van der Waals surface area contributed by atoms with Crippen molar-refractivity contribution < 1.29 is 5.11 Å². The van der Waals surface area contributed by atoms with E-state index in [1.54, 1.807) is 12.5 Å². The summed E-state index contributed by atoms with van der Waals surface area (Å²) in [5.74, 6) is 0.710. The number of hydrogen-bond acceptors (Lipinski definition) is 4. The summed E-state index contributed by atoms with van der Waals surface area (Å²) < 4.78 is 0. The largest absolute Gasteiger partial charge is 0.395 e. The number of nitrogens with zero attached hydrogens (tertiary/aromatic N) is 3. The van der Waals surface area contributed by atoms with Crippen molar-refractivity contribution in [3.63, 3.8) is 0 Å². The number of hydrogen-bond donors (Lipinski definition) is 1. The summed E-state index contributed by atoms with van der Waals surface area (Å²) in [5, 5.41) is 9.32. The molecule has 1 aromatic heterocycles. The van der Waals surface area contributed by atoms with Gasteiger partial charge in [0.25, 0.3) is 0 Å². The third-order valence-electron chi connectivity index (χ3n) is 4.27. The Morgan fingerprint density at radius 1 is 1.12 bits per heavy atom. The van der Waals surface area contributed by atoms with Gasteiger partial charge in [-0.3, -0.25) is 0 Å². The predicted molar refractivity (Wildman–Crippen MR) is 101 cm³/mol. The van der Waals surface area contributed by atoms with Gasteiger partial charge in [0.15, 0.2) is 0 Å². The quantitative estimate of drug-likeness (QED) is 0.760. The minimum atomic E-state index is 0.176. The number of rotatable bonds is 9. The first-order valence-corrected chi connectivity index (χ1v) is 8.63. The first-order valence-electron chi connectivity index (χ1n) is 8.63. The molecule has 0 saturated carbocycles. The van der Waals surface area contributed by atoms with E-state index in [4.69, 9.17) is 0 Å². The molecule has 4 nitrogen and oxygen atoms in total. The summed E-state index contributed by atoms with van der Waals surface area (Å²) >= 11 is 0. The van der Waals surface area contributed by atoms with E-state index in [0.29, 0.717) is 12.5 Å². The van der Waals surface area contributed by atoms with Gasteiger partial charge in [-0.05, 0) is 42.2 Å². The lowest BCUT2D eigenvalue weighted by Crippen LogP contribution is -2.28. The maximum absolute atomic E-state index is 9.32. The van der Waals surface area contributed by atoms with Crippen molar-refractivity contribution in [1.29, 1.82) is 0 Å². The molecule has 2 rings (SSSR count). The molecule has 2 aromatic rings. The summed E-state index contributed by atoms with van der Waals surface area (Å²) in [6.07, 6.45) is 9.64. The average molecular weight is 325 g/mol. The second kappa shape index (κ2) is 9.83. The molecular weight excluding hydrogens is 298 g/mol. The molecule has 1 unspecified atom stereocenters. The Balaban J connectivity index is 2.01. The van der Waals surface area contributed by atoms with Gasteiger partial charge in [0.05, 0.1) is 12.3 Å². The smallest absolute Gasteiger partial charge is 0.115 e. The van der Waals surface area contributed by atoms with Gasteiger partial charge in [-0.1, -0.05) is 38.5 Å². The Bertz CT molecular complexity index is 611.